The van der Waals surface area contributed by atoms with E-state index in [1.807, 2.05) is 0 Å². The third kappa shape index (κ3) is 2.51. The average Bonchev–Trinajstić information content (AvgIpc) is 2.78. The number of halogens is 3. The van der Waals surface area contributed by atoms with Crippen molar-refractivity contribution in [2.45, 2.75) is 6.18 Å². The zero-order valence-electron chi connectivity index (χ0n) is 8.73. The van der Waals surface area contributed by atoms with Gasteiger partial charge in [-0.2, -0.15) is 13.2 Å². The van der Waals surface area contributed by atoms with Gasteiger partial charge in [0, 0.05) is 10.9 Å². The van der Waals surface area contributed by atoms with Crippen LogP contribution in [0.15, 0.2) is 29.6 Å². The fourth-order valence-corrected chi connectivity index (χ4v) is 2.04. The number of nitrogens with zero attached hydrogens (tertiary/aromatic N) is 1. The van der Waals surface area contributed by atoms with E-state index in [9.17, 15) is 18.0 Å². The van der Waals surface area contributed by atoms with Crippen molar-refractivity contribution >= 4 is 17.3 Å². The summed E-state index contributed by atoms with van der Waals surface area (Å²) < 4.78 is 37.1. The van der Waals surface area contributed by atoms with Crippen molar-refractivity contribution in [2.75, 3.05) is 0 Å². The lowest BCUT2D eigenvalue weighted by molar-refractivity contribution is -0.137. The molecule has 0 saturated heterocycles. The molecular weight excluding hydrogens is 267 g/mol. The van der Waals surface area contributed by atoms with Crippen LogP contribution in [0.25, 0.3) is 11.3 Å². The number of carboxylic acids is 1. The molecule has 0 radical (unpaired) electrons. The molecule has 0 unspecified atom stereocenters. The van der Waals surface area contributed by atoms with Gasteiger partial charge in [0.2, 0.25) is 0 Å². The van der Waals surface area contributed by atoms with E-state index >= 15 is 0 Å². The summed E-state index contributed by atoms with van der Waals surface area (Å²) in [7, 11) is 0. The third-order valence-electron chi connectivity index (χ3n) is 2.15. The maximum Gasteiger partial charge on any atom is 0.443 e. The number of hydrogen-bond acceptors (Lipinski definition) is 3. The van der Waals surface area contributed by atoms with Crippen molar-refractivity contribution < 1.29 is 23.1 Å². The molecule has 2 rings (SSSR count). The van der Waals surface area contributed by atoms with E-state index in [4.69, 9.17) is 5.11 Å². The number of hydrogen-bond donors (Lipinski definition) is 1. The lowest BCUT2D eigenvalue weighted by atomic mass is 10.1. The fraction of sp³-hybridized carbons (Fsp3) is 0.0909. The van der Waals surface area contributed by atoms with E-state index in [1.165, 1.54) is 29.6 Å². The highest BCUT2D eigenvalue weighted by Crippen LogP contribution is 2.34. The second-order valence-corrected chi connectivity index (χ2v) is 4.28. The second-order valence-electron chi connectivity index (χ2n) is 3.42. The van der Waals surface area contributed by atoms with E-state index in [1.54, 1.807) is 0 Å². The minimum atomic E-state index is -4.48. The number of aromatic carboxylic acids is 1. The minimum absolute atomic E-state index is 0.00839. The average molecular weight is 273 g/mol. The van der Waals surface area contributed by atoms with Gasteiger partial charge in [-0.05, 0) is 12.1 Å². The van der Waals surface area contributed by atoms with Gasteiger partial charge in [0.25, 0.3) is 0 Å². The Labute approximate surface area is 104 Å². The first-order valence-corrected chi connectivity index (χ1v) is 5.62. The van der Waals surface area contributed by atoms with Gasteiger partial charge in [0.15, 0.2) is 5.01 Å². The Kier molecular flexibility index (Phi) is 3.08. The van der Waals surface area contributed by atoms with Crippen LogP contribution in [0.1, 0.15) is 15.4 Å². The Morgan fingerprint density at radius 2 is 2.06 bits per heavy atom. The molecule has 0 saturated carbocycles. The summed E-state index contributed by atoms with van der Waals surface area (Å²) in [5.74, 6) is -1.14. The van der Waals surface area contributed by atoms with Crippen LogP contribution in [0.2, 0.25) is 0 Å². The summed E-state index contributed by atoms with van der Waals surface area (Å²) in [5, 5.41) is 9.10. The molecule has 0 spiro atoms. The summed E-state index contributed by atoms with van der Waals surface area (Å²) in [6.07, 6.45) is -4.48. The fourth-order valence-electron chi connectivity index (χ4n) is 1.35. The van der Waals surface area contributed by atoms with Crippen molar-refractivity contribution in [2.24, 2.45) is 0 Å². The molecule has 0 aliphatic heterocycles. The normalized spacial score (nSPS) is 11.5. The second kappa shape index (κ2) is 4.41. The molecule has 0 aliphatic rings. The van der Waals surface area contributed by atoms with E-state index in [2.05, 4.69) is 4.98 Å². The number of carboxylic acid groups (broad SMARTS) is 1. The SMILES string of the molecule is O=C(O)c1cccc(-c2csc(C(F)(F)F)n2)c1. The van der Waals surface area contributed by atoms with Crippen LogP contribution in [0.5, 0.6) is 0 Å². The van der Waals surface area contributed by atoms with Gasteiger partial charge in [0.1, 0.15) is 0 Å². The Hall–Kier alpha value is -1.89. The summed E-state index contributed by atoms with van der Waals surface area (Å²) in [6, 6.07) is 5.63. The molecule has 0 bridgehead atoms. The Balaban J connectivity index is 2.40. The molecule has 94 valence electrons. The van der Waals surface area contributed by atoms with Crippen molar-refractivity contribution in [1.82, 2.24) is 4.98 Å². The Morgan fingerprint density at radius 3 is 2.61 bits per heavy atom. The molecule has 18 heavy (non-hydrogen) atoms. The first-order chi connectivity index (χ1) is 8.38. The maximum absolute atomic E-state index is 12.4. The molecule has 1 aromatic carbocycles. The highest BCUT2D eigenvalue weighted by atomic mass is 32.1. The largest absolute Gasteiger partial charge is 0.478 e. The van der Waals surface area contributed by atoms with Crippen LogP contribution < -0.4 is 0 Å². The molecule has 0 atom stereocenters. The Morgan fingerprint density at radius 1 is 1.33 bits per heavy atom. The van der Waals surface area contributed by atoms with Gasteiger partial charge in [-0.15, -0.1) is 11.3 Å². The molecule has 1 N–H and O–H groups in total. The van der Waals surface area contributed by atoms with Crippen LogP contribution in [0, 0.1) is 0 Å². The number of benzene rings is 1. The van der Waals surface area contributed by atoms with Crippen molar-refractivity contribution in [1.29, 1.82) is 0 Å². The van der Waals surface area contributed by atoms with Gasteiger partial charge in [-0.25, -0.2) is 9.78 Å². The number of rotatable bonds is 2. The van der Waals surface area contributed by atoms with Gasteiger partial charge >= 0.3 is 12.1 Å². The van der Waals surface area contributed by atoms with E-state index in [-0.39, 0.29) is 11.3 Å². The molecule has 0 fully saturated rings. The molecule has 0 amide bonds. The lowest BCUT2D eigenvalue weighted by Gasteiger charge is -2.01. The molecule has 0 aliphatic carbocycles. The third-order valence-corrected chi connectivity index (χ3v) is 3.04. The zero-order valence-corrected chi connectivity index (χ0v) is 9.55. The molecule has 1 heterocycles. The number of aromatic nitrogens is 1. The topological polar surface area (TPSA) is 50.2 Å². The highest BCUT2D eigenvalue weighted by Gasteiger charge is 2.34. The van der Waals surface area contributed by atoms with Crippen molar-refractivity contribution in [3.05, 3.63) is 40.2 Å². The zero-order chi connectivity index (χ0) is 13.3. The Bertz CT molecular complexity index is 592. The standard InChI is InChI=1S/C11H6F3NO2S/c12-11(13,14)10-15-8(5-18-10)6-2-1-3-7(4-6)9(16)17/h1-5H,(H,16,17). The molecule has 1 aromatic heterocycles. The van der Waals surface area contributed by atoms with Gasteiger partial charge < -0.3 is 5.11 Å². The van der Waals surface area contributed by atoms with Gasteiger partial charge in [0.05, 0.1) is 11.3 Å². The summed E-state index contributed by atoms with van der Waals surface area (Å²) in [6.45, 7) is 0. The summed E-state index contributed by atoms with van der Waals surface area (Å²) >= 11 is 0.482. The van der Waals surface area contributed by atoms with Crippen molar-refractivity contribution in [3.8, 4) is 11.3 Å². The predicted molar refractivity (Wildman–Crippen MR) is 59.5 cm³/mol. The van der Waals surface area contributed by atoms with Crippen LogP contribution in [0.3, 0.4) is 0 Å². The van der Waals surface area contributed by atoms with Gasteiger partial charge in [-0.3, -0.25) is 0 Å². The molecular formula is C11H6F3NO2S. The van der Waals surface area contributed by atoms with Crippen molar-refractivity contribution in [3.63, 3.8) is 0 Å². The number of alkyl halides is 3. The number of thiazole rings is 1. The van der Waals surface area contributed by atoms with Crippen LogP contribution in [-0.2, 0) is 6.18 Å². The number of carbonyl (C=O) groups is 1. The first-order valence-electron chi connectivity index (χ1n) is 4.74. The van der Waals surface area contributed by atoms with E-state index < -0.39 is 17.2 Å². The first kappa shape index (κ1) is 12.6. The van der Waals surface area contributed by atoms with E-state index in [0.29, 0.717) is 16.9 Å². The van der Waals surface area contributed by atoms with Crippen LogP contribution in [-0.4, -0.2) is 16.1 Å². The smallest absolute Gasteiger partial charge is 0.443 e. The molecule has 7 heteroatoms. The maximum atomic E-state index is 12.4. The lowest BCUT2D eigenvalue weighted by Crippen LogP contribution is -2.03. The van der Waals surface area contributed by atoms with Crippen LogP contribution in [0.4, 0.5) is 13.2 Å². The minimum Gasteiger partial charge on any atom is -0.478 e. The monoisotopic (exact) mass is 273 g/mol. The molecule has 2 aromatic rings. The summed E-state index contributed by atoms with van der Waals surface area (Å²) in [5.41, 5.74) is 0.478. The van der Waals surface area contributed by atoms with Crippen LogP contribution >= 0.6 is 11.3 Å². The summed E-state index contributed by atoms with van der Waals surface area (Å²) in [4.78, 5) is 14.2. The van der Waals surface area contributed by atoms with E-state index in [0.717, 1.165) is 0 Å². The molecule has 3 nitrogen and oxygen atoms in total. The predicted octanol–water partition coefficient (Wildman–Crippen LogP) is 3.53. The highest BCUT2D eigenvalue weighted by molar-refractivity contribution is 7.10. The quantitative estimate of drug-likeness (QED) is 0.910. The van der Waals surface area contributed by atoms with Gasteiger partial charge in [-0.1, -0.05) is 12.1 Å².